The second kappa shape index (κ2) is 8.93. The Labute approximate surface area is 108 Å². The summed E-state index contributed by atoms with van der Waals surface area (Å²) in [6.45, 7) is 5.52. The number of rotatable bonds is 8. The first-order valence-corrected chi connectivity index (χ1v) is 7.56. The highest BCUT2D eigenvalue weighted by atomic mass is 16.5. The van der Waals surface area contributed by atoms with Crippen LogP contribution in [0.4, 0.5) is 0 Å². The van der Waals surface area contributed by atoms with Gasteiger partial charge in [0.05, 0.1) is 6.10 Å². The lowest BCUT2D eigenvalue weighted by atomic mass is 9.85. The molecule has 0 aromatic rings. The number of nitrogens with one attached hydrogen (secondary N) is 1. The Kier molecular flexibility index (Phi) is 7.87. The Bertz CT molecular complexity index is 184. The molecular formula is C15H31NO. The molecule has 2 heteroatoms. The number of ether oxygens (including phenoxy) is 1. The van der Waals surface area contributed by atoms with Crippen LogP contribution in [0, 0.1) is 5.92 Å². The van der Waals surface area contributed by atoms with Crippen molar-refractivity contribution >= 4 is 0 Å². The molecule has 1 aliphatic carbocycles. The number of hydrogen-bond donors (Lipinski definition) is 1. The fourth-order valence-corrected chi connectivity index (χ4v) is 2.79. The van der Waals surface area contributed by atoms with Crippen molar-refractivity contribution in [3.8, 4) is 0 Å². The zero-order chi connectivity index (χ0) is 12.5. The summed E-state index contributed by atoms with van der Waals surface area (Å²) < 4.78 is 6.08. The zero-order valence-corrected chi connectivity index (χ0v) is 12.0. The zero-order valence-electron chi connectivity index (χ0n) is 12.0. The van der Waals surface area contributed by atoms with Crippen molar-refractivity contribution in [1.82, 2.24) is 5.32 Å². The van der Waals surface area contributed by atoms with Gasteiger partial charge in [0.1, 0.15) is 0 Å². The fourth-order valence-electron chi connectivity index (χ4n) is 2.79. The van der Waals surface area contributed by atoms with E-state index in [1.807, 2.05) is 7.05 Å². The van der Waals surface area contributed by atoms with Crippen LogP contribution < -0.4 is 5.32 Å². The van der Waals surface area contributed by atoms with Gasteiger partial charge in [-0.05, 0) is 52.0 Å². The van der Waals surface area contributed by atoms with E-state index in [0.29, 0.717) is 12.1 Å². The highest BCUT2D eigenvalue weighted by molar-refractivity contribution is 4.74. The molecule has 0 spiro atoms. The minimum atomic E-state index is 0.565. The van der Waals surface area contributed by atoms with Crippen LogP contribution in [0.3, 0.4) is 0 Å². The highest BCUT2D eigenvalue weighted by Crippen LogP contribution is 2.29. The van der Waals surface area contributed by atoms with Crippen LogP contribution in [0.2, 0.25) is 0 Å². The van der Waals surface area contributed by atoms with Gasteiger partial charge >= 0.3 is 0 Å². The maximum Gasteiger partial charge on any atom is 0.0603 e. The summed E-state index contributed by atoms with van der Waals surface area (Å²) in [5, 5.41) is 3.28. The molecule has 0 aromatic carbocycles. The molecule has 1 fully saturated rings. The van der Waals surface area contributed by atoms with Gasteiger partial charge < -0.3 is 10.1 Å². The predicted molar refractivity (Wildman–Crippen MR) is 74.4 cm³/mol. The minimum Gasteiger partial charge on any atom is -0.378 e. The lowest BCUT2D eigenvalue weighted by Crippen LogP contribution is -2.27. The van der Waals surface area contributed by atoms with Crippen molar-refractivity contribution in [2.24, 2.45) is 5.92 Å². The maximum absolute atomic E-state index is 6.08. The fraction of sp³-hybridized carbons (Fsp3) is 1.00. The van der Waals surface area contributed by atoms with Gasteiger partial charge in [-0.15, -0.1) is 0 Å². The summed E-state index contributed by atoms with van der Waals surface area (Å²) in [4.78, 5) is 0. The molecule has 3 atom stereocenters. The Morgan fingerprint density at radius 3 is 2.71 bits per heavy atom. The first-order valence-electron chi connectivity index (χ1n) is 7.56. The topological polar surface area (TPSA) is 21.3 Å². The van der Waals surface area contributed by atoms with Gasteiger partial charge in [0, 0.05) is 12.6 Å². The van der Waals surface area contributed by atoms with E-state index in [0.717, 1.165) is 12.5 Å². The molecule has 1 aliphatic rings. The third kappa shape index (κ3) is 5.87. The second-order valence-electron chi connectivity index (χ2n) is 5.55. The van der Waals surface area contributed by atoms with Gasteiger partial charge in [-0.2, -0.15) is 0 Å². The molecule has 102 valence electrons. The third-order valence-corrected chi connectivity index (χ3v) is 4.22. The van der Waals surface area contributed by atoms with Crippen molar-refractivity contribution < 1.29 is 4.74 Å². The van der Waals surface area contributed by atoms with Crippen molar-refractivity contribution in [1.29, 1.82) is 0 Å². The minimum absolute atomic E-state index is 0.565. The van der Waals surface area contributed by atoms with Gasteiger partial charge in [-0.3, -0.25) is 0 Å². The van der Waals surface area contributed by atoms with Gasteiger partial charge in [0.2, 0.25) is 0 Å². The van der Waals surface area contributed by atoms with E-state index in [4.69, 9.17) is 4.74 Å². The molecule has 0 radical (unpaired) electrons. The Morgan fingerprint density at radius 2 is 2.00 bits per heavy atom. The van der Waals surface area contributed by atoms with Gasteiger partial charge in [-0.1, -0.05) is 26.2 Å². The highest BCUT2D eigenvalue weighted by Gasteiger charge is 2.23. The third-order valence-electron chi connectivity index (χ3n) is 4.22. The van der Waals surface area contributed by atoms with Crippen LogP contribution >= 0.6 is 0 Å². The lowest BCUT2D eigenvalue weighted by Gasteiger charge is -2.30. The van der Waals surface area contributed by atoms with Crippen LogP contribution in [0.15, 0.2) is 0 Å². The molecule has 0 aliphatic heterocycles. The molecule has 0 aromatic heterocycles. The number of unbranched alkanes of at least 4 members (excludes halogenated alkanes) is 1. The molecule has 2 nitrogen and oxygen atoms in total. The smallest absolute Gasteiger partial charge is 0.0603 e. The predicted octanol–water partition coefficient (Wildman–Crippen LogP) is 3.75. The first-order chi connectivity index (χ1) is 8.27. The lowest BCUT2D eigenvalue weighted by molar-refractivity contribution is -0.0136. The molecule has 0 heterocycles. The van der Waals surface area contributed by atoms with Crippen LogP contribution in [0.1, 0.15) is 65.2 Å². The summed E-state index contributed by atoms with van der Waals surface area (Å²) in [6, 6.07) is 0.646. The second-order valence-corrected chi connectivity index (χ2v) is 5.55. The van der Waals surface area contributed by atoms with Crippen molar-refractivity contribution in [3.63, 3.8) is 0 Å². The Balaban J connectivity index is 2.04. The average molecular weight is 241 g/mol. The molecule has 0 bridgehead atoms. The van der Waals surface area contributed by atoms with Gasteiger partial charge in [0.15, 0.2) is 0 Å². The monoisotopic (exact) mass is 241 g/mol. The molecule has 1 rings (SSSR count). The van der Waals surface area contributed by atoms with E-state index in [-0.39, 0.29) is 0 Å². The van der Waals surface area contributed by atoms with Gasteiger partial charge in [0.25, 0.3) is 0 Å². The number of hydrogen-bond acceptors (Lipinski definition) is 2. The van der Waals surface area contributed by atoms with Crippen molar-refractivity contribution in [2.45, 2.75) is 77.4 Å². The van der Waals surface area contributed by atoms with E-state index >= 15 is 0 Å². The van der Waals surface area contributed by atoms with Crippen LogP contribution in [-0.2, 0) is 4.74 Å². The molecule has 0 amide bonds. The molecule has 3 unspecified atom stereocenters. The largest absolute Gasteiger partial charge is 0.378 e. The standard InChI is InChI=1S/C15H31NO/c1-4-14-10-5-6-11-15(14)17-12-8-7-9-13(2)16-3/h13-16H,4-12H2,1-3H3. The molecule has 1 N–H and O–H groups in total. The summed E-state index contributed by atoms with van der Waals surface area (Å²) >= 11 is 0. The molecule has 1 saturated carbocycles. The first kappa shape index (κ1) is 15.0. The summed E-state index contributed by atoms with van der Waals surface area (Å²) in [7, 11) is 2.04. The molecule has 17 heavy (non-hydrogen) atoms. The Morgan fingerprint density at radius 1 is 1.24 bits per heavy atom. The van der Waals surface area contributed by atoms with E-state index in [1.165, 1.54) is 51.4 Å². The molecular weight excluding hydrogens is 210 g/mol. The van der Waals surface area contributed by atoms with Crippen molar-refractivity contribution in [3.05, 3.63) is 0 Å². The van der Waals surface area contributed by atoms with Gasteiger partial charge in [-0.25, -0.2) is 0 Å². The van der Waals surface area contributed by atoms with Crippen LogP contribution in [-0.4, -0.2) is 25.8 Å². The molecule has 0 saturated heterocycles. The summed E-state index contributed by atoms with van der Waals surface area (Å²) in [5.74, 6) is 0.833. The summed E-state index contributed by atoms with van der Waals surface area (Å²) in [5.41, 5.74) is 0. The summed E-state index contributed by atoms with van der Waals surface area (Å²) in [6.07, 6.45) is 11.1. The van der Waals surface area contributed by atoms with Crippen LogP contribution in [0.5, 0.6) is 0 Å². The quantitative estimate of drug-likeness (QED) is 0.653. The SMILES string of the molecule is CCC1CCCCC1OCCCCC(C)NC. The average Bonchev–Trinajstić information content (AvgIpc) is 2.38. The van der Waals surface area contributed by atoms with E-state index in [9.17, 15) is 0 Å². The van der Waals surface area contributed by atoms with Crippen LogP contribution in [0.25, 0.3) is 0 Å². The Hall–Kier alpha value is -0.0800. The van der Waals surface area contributed by atoms with E-state index in [2.05, 4.69) is 19.2 Å². The maximum atomic E-state index is 6.08. The normalized spacial score (nSPS) is 27.0. The van der Waals surface area contributed by atoms with Crippen molar-refractivity contribution in [2.75, 3.05) is 13.7 Å². The van der Waals surface area contributed by atoms with E-state index in [1.54, 1.807) is 0 Å². The van der Waals surface area contributed by atoms with E-state index < -0.39 is 0 Å².